The zero-order chi connectivity index (χ0) is 16.8. The number of hydrogen-bond acceptors (Lipinski definition) is 3. The number of rotatable bonds is 2. The Morgan fingerprint density at radius 2 is 2.00 bits per heavy atom. The Morgan fingerprint density at radius 1 is 1.26 bits per heavy atom. The van der Waals surface area contributed by atoms with Gasteiger partial charge in [-0.3, -0.25) is 0 Å². The second kappa shape index (κ2) is 5.37. The van der Waals surface area contributed by atoms with Gasteiger partial charge in [0.2, 0.25) is 0 Å². The van der Waals surface area contributed by atoms with E-state index in [1.807, 2.05) is 13.0 Å². The number of nitrogens with zero attached hydrogens (tertiary/aromatic N) is 1. The molecule has 23 heavy (non-hydrogen) atoms. The fourth-order valence-electron chi connectivity index (χ4n) is 2.64. The molecule has 0 fully saturated rings. The van der Waals surface area contributed by atoms with Gasteiger partial charge in [0.25, 0.3) is 0 Å². The topological polar surface area (TPSA) is 46.0 Å². The Hall–Kier alpha value is -2.37. The molecule has 120 valence electrons. The highest BCUT2D eigenvalue weighted by Gasteiger charge is 2.33. The molecule has 1 aliphatic rings. The molecule has 1 unspecified atom stereocenters. The average Bonchev–Trinajstić information content (AvgIpc) is 2.88. The summed E-state index contributed by atoms with van der Waals surface area (Å²) in [7, 11) is 0. The number of aromatic nitrogens is 1. The van der Waals surface area contributed by atoms with Crippen LogP contribution < -0.4 is 4.74 Å². The third-order valence-corrected chi connectivity index (χ3v) is 3.77. The van der Waals surface area contributed by atoms with Gasteiger partial charge in [-0.25, -0.2) is 4.98 Å². The summed E-state index contributed by atoms with van der Waals surface area (Å²) in [4.78, 5) is 4.40. The van der Waals surface area contributed by atoms with Gasteiger partial charge >= 0.3 is 6.18 Å². The van der Waals surface area contributed by atoms with E-state index >= 15 is 0 Å². The lowest BCUT2D eigenvalue weighted by Gasteiger charge is -2.12. The molecule has 6 heteroatoms. The number of hydrogen-bond donors (Lipinski definition) is 1. The predicted octanol–water partition coefficient (Wildman–Crippen LogP) is 4.47. The largest absolute Gasteiger partial charge is 0.483 e. The van der Waals surface area contributed by atoms with Crippen LogP contribution in [0.5, 0.6) is 5.75 Å². The molecule has 2 heterocycles. The van der Waals surface area contributed by atoms with Crippen molar-refractivity contribution in [3.63, 3.8) is 0 Å². The molecule has 0 radical (unpaired) electrons. The molecule has 0 bridgehead atoms. The van der Waals surface area contributed by atoms with Crippen LogP contribution in [0.4, 0.5) is 13.2 Å². The van der Waals surface area contributed by atoms with Crippen LogP contribution in [0.25, 0.3) is 0 Å². The second-order valence-corrected chi connectivity index (χ2v) is 5.71. The maximum Gasteiger partial charge on any atom is 0.416 e. The van der Waals surface area contributed by atoms with Crippen molar-refractivity contribution in [2.75, 3.05) is 0 Å². The summed E-state index contributed by atoms with van der Waals surface area (Å²) in [5, 5.41) is 7.70. The Kier molecular flexibility index (Phi) is 3.62. The van der Waals surface area contributed by atoms with Crippen LogP contribution in [-0.2, 0) is 12.6 Å². The van der Waals surface area contributed by atoms with Gasteiger partial charge in [0, 0.05) is 6.42 Å². The van der Waals surface area contributed by atoms with Crippen LogP contribution in [0, 0.1) is 12.3 Å². The number of nitrogens with one attached hydrogen (secondary N) is 1. The lowest BCUT2D eigenvalue weighted by molar-refractivity contribution is -0.137. The van der Waals surface area contributed by atoms with E-state index in [9.17, 15) is 13.2 Å². The maximum atomic E-state index is 12.8. The third kappa shape index (κ3) is 3.06. The molecular formula is C17H15F3N2O. The Morgan fingerprint density at radius 3 is 2.65 bits per heavy atom. The number of ether oxygens (including phenoxy) is 1. The molecule has 1 N–H and O–H groups in total. The van der Waals surface area contributed by atoms with Crippen LogP contribution in [0.2, 0.25) is 0 Å². The van der Waals surface area contributed by atoms with Crippen molar-refractivity contribution in [2.45, 2.75) is 32.5 Å². The van der Waals surface area contributed by atoms with E-state index in [0.29, 0.717) is 34.8 Å². The van der Waals surface area contributed by atoms with E-state index in [1.165, 1.54) is 6.07 Å². The number of aryl methyl sites for hydroxylation is 1. The molecule has 1 aromatic heterocycles. The van der Waals surface area contributed by atoms with Crippen molar-refractivity contribution >= 4 is 5.71 Å². The smallest absolute Gasteiger partial charge is 0.416 e. The Bertz CT molecular complexity index is 784. The lowest BCUT2D eigenvalue weighted by atomic mass is 10.0. The molecule has 3 nitrogen and oxygen atoms in total. The molecule has 0 amide bonds. The monoisotopic (exact) mass is 320 g/mol. The number of halogens is 3. The van der Waals surface area contributed by atoms with Gasteiger partial charge in [-0.1, -0.05) is 0 Å². The molecular weight excluding hydrogens is 305 g/mol. The van der Waals surface area contributed by atoms with Crippen LogP contribution in [0.15, 0.2) is 30.3 Å². The van der Waals surface area contributed by atoms with Crippen molar-refractivity contribution in [2.24, 2.45) is 0 Å². The SMILES string of the molecule is CC(=N)c1cc(C)cc(C2Cc3cc(C(F)(F)F)ccc3O2)n1. The fraction of sp³-hybridized carbons (Fsp3) is 0.294. The van der Waals surface area contributed by atoms with Gasteiger partial charge in [0.1, 0.15) is 11.9 Å². The van der Waals surface area contributed by atoms with Crippen molar-refractivity contribution in [3.8, 4) is 5.75 Å². The summed E-state index contributed by atoms with van der Waals surface area (Å²) in [5.74, 6) is 0.458. The summed E-state index contributed by atoms with van der Waals surface area (Å²) in [6.45, 7) is 3.53. The van der Waals surface area contributed by atoms with Gasteiger partial charge in [-0.05, 0) is 55.3 Å². The third-order valence-electron chi connectivity index (χ3n) is 3.77. The average molecular weight is 320 g/mol. The van der Waals surface area contributed by atoms with Crippen molar-refractivity contribution < 1.29 is 17.9 Å². The van der Waals surface area contributed by atoms with E-state index in [4.69, 9.17) is 10.1 Å². The van der Waals surface area contributed by atoms with Crippen LogP contribution in [-0.4, -0.2) is 10.7 Å². The van der Waals surface area contributed by atoms with Crippen molar-refractivity contribution in [1.29, 1.82) is 5.41 Å². The van der Waals surface area contributed by atoms with Crippen LogP contribution in [0.3, 0.4) is 0 Å². The number of fused-ring (bicyclic) bond motifs is 1. The van der Waals surface area contributed by atoms with E-state index in [-0.39, 0.29) is 0 Å². The number of benzene rings is 1. The minimum absolute atomic E-state index is 0.338. The van der Waals surface area contributed by atoms with E-state index < -0.39 is 17.8 Å². The maximum absolute atomic E-state index is 12.8. The zero-order valence-corrected chi connectivity index (χ0v) is 12.7. The minimum Gasteiger partial charge on any atom is -0.483 e. The first-order chi connectivity index (χ1) is 10.7. The van der Waals surface area contributed by atoms with Crippen molar-refractivity contribution in [1.82, 2.24) is 4.98 Å². The number of pyridine rings is 1. The molecule has 0 spiro atoms. The van der Waals surface area contributed by atoms with Crippen molar-refractivity contribution in [3.05, 3.63) is 58.4 Å². The summed E-state index contributed by atoms with van der Waals surface area (Å²) in [5.41, 5.74) is 2.32. The summed E-state index contributed by atoms with van der Waals surface area (Å²) in [6, 6.07) is 7.16. The summed E-state index contributed by atoms with van der Waals surface area (Å²) < 4.78 is 44.1. The molecule has 1 aromatic carbocycles. The molecule has 0 aliphatic carbocycles. The quantitative estimate of drug-likeness (QED) is 0.830. The first kappa shape index (κ1) is 15.5. The van der Waals surface area contributed by atoms with Crippen LogP contribution >= 0.6 is 0 Å². The second-order valence-electron chi connectivity index (χ2n) is 5.71. The predicted molar refractivity (Wildman–Crippen MR) is 80.0 cm³/mol. The van der Waals surface area contributed by atoms with Gasteiger partial charge in [-0.15, -0.1) is 0 Å². The molecule has 2 aromatic rings. The first-order valence-electron chi connectivity index (χ1n) is 7.15. The molecule has 1 aliphatic heterocycles. The normalized spacial score (nSPS) is 16.8. The molecule has 3 rings (SSSR count). The zero-order valence-electron chi connectivity index (χ0n) is 12.7. The minimum atomic E-state index is -4.36. The highest BCUT2D eigenvalue weighted by atomic mass is 19.4. The lowest BCUT2D eigenvalue weighted by Crippen LogP contribution is -2.09. The highest BCUT2D eigenvalue weighted by Crippen LogP contribution is 2.40. The highest BCUT2D eigenvalue weighted by molar-refractivity contribution is 5.94. The van der Waals surface area contributed by atoms with Gasteiger partial charge < -0.3 is 10.1 Å². The first-order valence-corrected chi connectivity index (χ1v) is 7.15. The van der Waals surface area contributed by atoms with Gasteiger partial charge in [0.15, 0.2) is 0 Å². The van der Waals surface area contributed by atoms with Gasteiger partial charge in [0.05, 0.1) is 22.7 Å². The van der Waals surface area contributed by atoms with E-state index in [2.05, 4.69) is 4.98 Å². The molecule has 0 saturated heterocycles. The Labute approximate surface area is 131 Å². The molecule has 0 saturated carbocycles. The summed E-state index contributed by atoms with van der Waals surface area (Å²) >= 11 is 0. The standard InChI is InChI=1S/C17H15F3N2O/c1-9-5-13(10(2)21)22-14(6-9)16-8-11-7-12(17(18,19)20)3-4-15(11)23-16/h3-7,16,21H,8H2,1-2H3. The number of alkyl halides is 3. The van der Waals surface area contributed by atoms with Gasteiger partial charge in [-0.2, -0.15) is 13.2 Å². The Balaban J connectivity index is 1.92. The van der Waals surface area contributed by atoms with E-state index in [0.717, 1.165) is 17.7 Å². The molecule has 1 atom stereocenters. The van der Waals surface area contributed by atoms with E-state index in [1.54, 1.807) is 13.0 Å². The summed E-state index contributed by atoms with van der Waals surface area (Å²) in [6.07, 6.45) is -4.45. The fourth-order valence-corrected chi connectivity index (χ4v) is 2.64. The van der Waals surface area contributed by atoms with Crippen LogP contribution in [0.1, 0.15) is 41.1 Å².